The van der Waals surface area contributed by atoms with Gasteiger partial charge in [-0.05, 0) is 50.7 Å². The molecule has 0 aliphatic heterocycles. The van der Waals surface area contributed by atoms with Crippen molar-refractivity contribution in [3.63, 3.8) is 0 Å². The average Bonchev–Trinajstić information content (AvgIpc) is 2.70. The molecule has 0 bridgehead atoms. The number of hydrogen-bond acceptors (Lipinski definition) is 3. The summed E-state index contributed by atoms with van der Waals surface area (Å²) in [4.78, 5) is 14.9. The molecule has 0 unspecified atom stereocenters. The molecule has 0 heterocycles. The van der Waals surface area contributed by atoms with E-state index >= 15 is 0 Å². The van der Waals surface area contributed by atoms with Gasteiger partial charge in [-0.3, -0.25) is 9.69 Å². The van der Waals surface area contributed by atoms with Crippen LogP contribution >= 0.6 is 0 Å². The molecule has 3 rings (SSSR count). The van der Waals surface area contributed by atoms with E-state index in [9.17, 15) is 4.79 Å². The standard InChI is InChI=1S/C24H31NO2/c1-3-27-23(26)24(2)16-14-22(15-17-24)25(18-20-10-6-4-7-11-20)19-21-12-8-5-9-13-21/h4-13,22H,3,14-19H2,1-2H3. The van der Waals surface area contributed by atoms with Crippen LogP contribution < -0.4 is 0 Å². The average molecular weight is 366 g/mol. The summed E-state index contributed by atoms with van der Waals surface area (Å²) in [7, 11) is 0. The number of rotatable bonds is 7. The first-order valence-corrected chi connectivity index (χ1v) is 10.1. The maximum atomic E-state index is 12.3. The van der Waals surface area contributed by atoms with Crippen molar-refractivity contribution in [2.45, 2.75) is 58.7 Å². The predicted octanol–water partition coefficient (Wildman–Crippen LogP) is 5.20. The lowest BCUT2D eigenvalue weighted by Crippen LogP contribution is -2.42. The molecule has 144 valence electrons. The van der Waals surface area contributed by atoms with Crippen molar-refractivity contribution in [3.05, 3.63) is 71.8 Å². The van der Waals surface area contributed by atoms with Crippen molar-refractivity contribution >= 4 is 5.97 Å². The summed E-state index contributed by atoms with van der Waals surface area (Å²) in [6, 6.07) is 21.8. The Kier molecular flexibility index (Phi) is 6.68. The lowest BCUT2D eigenvalue weighted by molar-refractivity contribution is -0.157. The van der Waals surface area contributed by atoms with Gasteiger partial charge in [-0.25, -0.2) is 0 Å². The molecule has 27 heavy (non-hydrogen) atoms. The van der Waals surface area contributed by atoms with Gasteiger partial charge in [0.2, 0.25) is 0 Å². The fraction of sp³-hybridized carbons (Fsp3) is 0.458. The van der Waals surface area contributed by atoms with Crippen LogP contribution in [-0.2, 0) is 22.6 Å². The summed E-state index contributed by atoms with van der Waals surface area (Å²) >= 11 is 0. The monoisotopic (exact) mass is 365 g/mol. The Balaban J connectivity index is 1.70. The number of carbonyl (C=O) groups excluding carboxylic acids is 1. The summed E-state index contributed by atoms with van der Waals surface area (Å²) in [5, 5.41) is 0. The zero-order valence-corrected chi connectivity index (χ0v) is 16.6. The molecule has 0 spiro atoms. The van der Waals surface area contributed by atoms with Gasteiger partial charge >= 0.3 is 5.97 Å². The van der Waals surface area contributed by atoms with E-state index in [0.717, 1.165) is 38.8 Å². The third-order valence-corrected chi connectivity index (χ3v) is 5.80. The maximum absolute atomic E-state index is 12.3. The zero-order chi connectivity index (χ0) is 19.1. The summed E-state index contributed by atoms with van der Waals surface area (Å²) in [6.45, 7) is 6.30. The van der Waals surface area contributed by atoms with Gasteiger partial charge in [0.05, 0.1) is 12.0 Å². The van der Waals surface area contributed by atoms with Crippen LogP contribution in [0.2, 0.25) is 0 Å². The normalized spacial score (nSPS) is 22.6. The van der Waals surface area contributed by atoms with E-state index in [2.05, 4.69) is 72.5 Å². The van der Waals surface area contributed by atoms with E-state index in [0.29, 0.717) is 12.6 Å². The number of ether oxygens (including phenoxy) is 1. The van der Waals surface area contributed by atoms with Gasteiger partial charge in [0.25, 0.3) is 0 Å². The lowest BCUT2D eigenvalue weighted by Gasteiger charge is -2.40. The number of esters is 1. The highest BCUT2D eigenvalue weighted by atomic mass is 16.5. The van der Waals surface area contributed by atoms with Crippen LogP contribution in [0.25, 0.3) is 0 Å². The molecular weight excluding hydrogens is 334 g/mol. The highest BCUT2D eigenvalue weighted by Crippen LogP contribution is 2.39. The summed E-state index contributed by atoms with van der Waals surface area (Å²) in [5.74, 6) is -0.0267. The van der Waals surface area contributed by atoms with E-state index in [-0.39, 0.29) is 11.4 Å². The smallest absolute Gasteiger partial charge is 0.311 e. The zero-order valence-electron chi connectivity index (χ0n) is 16.6. The lowest BCUT2D eigenvalue weighted by atomic mass is 9.73. The van der Waals surface area contributed by atoms with E-state index in [1.54, 1.807) is 0 Å². The largest absolute Gasteiger partial charge is 0.466 e. The minimum atomic E-state index is -0.322. The Hall–Kier alpha value is -2.13. The Bertz CT molecular complexity index is 664. The van der Waals surface area contributed by atoms with Gasteiger partial charge in [-0.1, -0.05) is 60.7 Å². The fourth-order valence-electron chi connectivity index (χ4n) is 4.06. The molecule has 0 N–H and O–H groups in total. The first-order valence-electron chi connectivity index (χ1n) is 10.1. The molecule has 2 aromatic carbocycles. The van der Waals surface area contributed by atoms with Gasteiger partial charge in [-0.2, -0.15) is 0 Å². The number of nitrogens with zero attached hydrogens (tertiary/aromatic N) is 1. The molecule has 0 amide bonds. The molecule has 0 radical (unpaired) electrons. The van der Waals surface area contributed by atoms with Crippen LogP contribution in [0.1, 0.15) is 50.7 Å². The fourth-order valence-corrected chi connectivity index (χ4v) is 4.06. The molecule has 3 nitrogen and oxygen atoms in total. The molecule has 1 saturated carbocycles. The van der Waals surface area contributed by atoms with Crippen LogP contribution in [0.3, 0.4) is 0 Å². The van der Waals surface area contributed by atoms with Crippen LogP contribution in [0.4, 0.5) is 0 Å². The van der Waals surface area contributed by atoms with Crippen LogP contribution in [-0.4, -0.2) is 23.5 Å². The van der Waals surface area contributed by atoms with E-state index in [1.807, 2.05) is 6.92 Å². The van der Waals surface area contributed by atoms with Crippen molar-refractivity contribution in [2.24, 2.45) is 5.41 Å². The minimum absolute atomic E-state index is 0.0267. The molecular formula is C24H31NO2. The van der Waals surface area contributed by atoms with Crippen molar-refractivity contribution < 1.29 is 9.53 Å². The van der Waals surface area contributed by atoms with Crippen molar-refractivity contribution in [1.82, 2.24) is 4.90 Å². The van der Waals surface area contributed by atoms with E-state index < -0.39 is 0 Å². The topological polar surface area (TPSA) is 29.5 Å². The van der Waals surface area contributed by atoms with E-state index in [1.165, 1.54) is 11.1 Å². The summed E-state index contributed by atoms with van der Waals surface area (Å²) in [6.07, 6.45) is 3.87. The highest BCUT2D eigenvalue weighted by Gasteiger charge is 2.40. The Morgan fingerprint density at radius 2 is 1.44 bits per heavy atom. The predicted molar refractivity (Wildman–Crippen MR) is 109 cm³/mol. The van der Waals surface area contributed by atoms with Gasteiger partial charge in [-0.15, -0.1) is 0 Å². The second-order valence-corrected chi connectivity index (χ2v) is 7.89. The molecule has 0 saturated heterocycles. The number of carbonyl (C=O) groups is 1. The quantitative estimate of drug-likeness (QED) is 0.632. The Morgan fingerprint density at radius 1 is 0.963 bits per heavy atom. The number of benzene rings is 2. The molecule has 3 heteroatoms. The van der Waals surface area contributed by atoms with Crippen molar-refractivity contribution in [1.29, 1.82) is 0 Å². The van der Waals surface area contributed by atoms with Crippen molar-refractivity contribution in [3.8, 4) is 0 Å². The van der Waals surface area contributed by atoms with Gasteiger partial charge < -0.3 is 4.74 Å². The molecule has 2 aromatic rings. The SMILES string of the molecule is CCOC(=O)C1(C)CCC(N(Cc2ccccc2)Cc2ccccc2)CC1. The molecule has 1 aliphatic rings. The van der Waals surface area contributed by atoms with Crippen LogP contribution in [0.5, 0.6) is 0 Å². The van der Waals surface area contributed by atoms with Crippen LogP contribution in [0, 0.1) is 5.41 Å². The second-order valence-electron chi connectivity index (χ2n) is 7.89. The first kappa shape index (κ1) is 19.6. The maximum Gasteiger partial charge on any atom is 0.311 e. The molecule has 0 atom stereocenters. The Labute approximate surface area is 163 Å². The van der Waals surface area contributed by atoms with Crippen molar-refractivity contribution in [2.75, 3.05) is 6.61 Å². The third-order valence-electron chi connectivity index (χ3n) is 5.80. The van der Waals surface area contributed by atoms with Gasteiger partial charge in [0.1, 0.15) is 0 Å². The Morgan fingerprint density at radius 3 is 1.89 bits per heavy atom. The van der Waals surface area contributed by atoms with Gasteiger partial charge in [0.15, 0.2) is 0 Å². The second kappa shape index (κ2) is 9.18. The number of hydrogen-bond donors (Lipinski definition) is 0. The molecule has 1 fully saturated rings. The first-order chi connectivity index (χ1) is 13.1. The highest BCUT2D eigenvalue weighted by molar-refractivity contribution is 5.76. The third kappa shape index (κ3) is 5.20. The minimum Gasteiger partial charge on any atom is -0.466 e. The van der Waals surface area contributed by atoms with Crippen LogP contribution in [0.15, 0.2) is 60.7 Å². The van der Waals surface area contributed by atoms with Gasteiger partial charge in [0, 0.05) is 19.1 Å². The molecule has 1 aliphatic carbocycles. The molecule has 0 aromatic heterocycles. The summed E-state index contributed by atoms with van der Waals surface area (Å²) < 4.78 is 5.32. The van der Waals surface area contributed by atoms with E-state index in [4.69, 9.17) is 4.74 Å². The summed E-state index contributed by atoms with van der Waals surface area (Å²) in [5.41, 5.74) is 2.36.